The summed E-state index contributed by atoms with van der Waals surface area (Å²) in [7, 11) is -9.89. The van der Waals surface area contributed by atoms with Crippen LogP contribution in [-0.2, 0) is 65.4 Å². The van der Waals surface area contributed by atoms with Crippen LogP contribution >= 0.6 is 15.6 Å². The second-order valence-corrected chi connectivity index (χ2v) is 28.4. The van der Waals surface area contributed by atoms with E-state index < -0.39 is 97.5 Å². The van der Waals surface area contributed by atoms with Gasteiger partial charge in [0.15, 0.2) is 12.2 Å². The smallest absolute Gasteiger partial charge is 0.462 e. The molecule has 0 heterocycles. The average Bonchev–Trinajstić information content (AvgIpc) is 3.53. The molecular formula is C66H128O17P2. The third-order valence-corrected chi connectivity index (χ3v) is 17.3. The zero-order valence-corrected chi connectivity index (χ0v) is 57.0. The summed E-state index contributed by atoms with van der Waals surface area (Å²) in [6, 6.07) is 0. The first-order chi connectivity index (χ1) is 40.6. The van der Waals surface area contributed by atoms with Crippen LogP contribution in [0.25, 0.3) is 0 Å². The fraction of sp³-hybridized carbons (Fsp3) is 0.939. The molecule has 3 N–H and O–H groups in total. The Balaban J connectivity index is 5.26. The summed E-state index contributed by atoms with van der Waals surface area (Å²) in [5.41, 5.74) is 0. The van der Waals surface area contributed by atoms with Gasteiger partial charge in [-0.1, -0.05) is 267 Å². The number of carbonyl (C=O) groups is 4. The van der Waals surface area contributed by atoms with Crippen molar-refractivity contribution in [2.24, 2.45) is 23.7 Å². The maximum absolute atomic E-state index is 13.0. The minimum Gasteiger partial charge on any atom is -0.462 e. The van der Waals surface area contributed by atoms with Crippen LogP contribution in [0.15, 0.2) is 0 Å². The second-order valence-electron chi connectivity index (χ2n) is 25.5. The minimum absolute atomic E-state index is 0.103. The van der Waals surface area contributed by atoms with Crippen LogP contribution < -0.4 is 0 Å². The monoisotopic (exact) mass is 1250 g/mol. The number of carbonyl (C=O) groups excluding carboxylic acids is 4. The van der Waals surface area contributed by atoms with Gasteiger partial charge in [0, 0.05) is 25.7 Å². The molecule has 0 aliphatic heterocycles. The van der Waals surface area contributed by atoms with Gasteiger partial charge >= 0.3 is 39.5 Å². The lowest BCUT2D eigenvalue weighted by Gasteiger charge is -2.21. The topological polar surface area (TPSA) is 237 Å². The highest BCUT2D eigenvalue weighted by atomic mass is 31.2. The summed E-state index contributed by atoms with van der Waals surface area (Å²) in [6.45, 7) is 14.0. The molecule has 0 aromatic heterocycles. The van der Waals surface area contributed by atoms with Crippen molar-refractivity contribution in [3.05, 3.63) is 0 Å². The van der Waals surface area contributed by atoms with Crippen LogP contribution in [0.1, 0.15) is 319 Å². The molecule has 0 bridgehead atoms. The van der Waals surface area contributed by atoms with E-state index in [9.17, 15) is 43.2 Å². The van der Waals surface area contributed by atoms with E-state index in [-0.39, 0.29) is 25.7 Å². The normalized spacial score (nSPS) is 14.7. The first kappa shape index (κ1) is 83.1. The summed E-state index contributed by atoms with van der Waals surface area (Å²) >= 11 is 0. The summed E-state index contributed by atoms with van der Waals surface area (Å²) in [6.07, 6.45) is 36.3. The molecule has 0 rings (SSSR count). The van der Waals surface area contributed by atoms with Gasteiger partial charge in [0.2, 0.25) is 0 Å². The van der Waals surface area contributed by atoms with Crippen molar-refractivity contribution in [3.8, 4) is 0 Å². The number of rotatable bonds is 63. The second kappa shape index (κ2) is 56.1. The molecule has 0 spiro atoms. The number of esters is 4. The molecule has 85 heavy (non-hydrogen) atoms. The number of phosphoric ester groups is 2. The molecule has 0 amide bonds. The number of aliphatic hydroxyl groups is 1. The van der Waals surface area contributed by atoms with Gasteiger partial charge in [-0.15, -0.1) is 0 Å². The van der Waals surface area contributed by atoms with Crippen molar-refractivity contribution >= 4 is 39.5 Å². The van der Waals surface area contributed by atoms with Crippen LogP contribution in [0, 0.1) is 23.7 Å². The fourth-order valence-electron chi connectivity index (χ4n) is 9.75. The Morgan fingerprint density at radius 3 is 0.835 bits per heavy atom. The summed E-state index contributed by atoms with van der Waals surface area (Å²) < 4.78 is 68.1. The van der Waals surface area contributed by atoms with E-state index in [1.54, 1.807) is 0 Å². The highest BCUT2D eigenvalue weighted by Crippen LogP contribution is 2.45. The summed E-state index contributed by atoms with van der Waals surface area (Å²) in [4.78, 5) is 72.3. The minimum atomic E-state index is -4.95. The lowest BCUT2D eigenvalue weighted by Crippen LogP contribution is -2.30. The maximum atomic E-state index is 13.0. The van der Waals surface area contributed by atoms with Crippen LogP contribution in [-0.4, -0.2) is 96.7 Å². The Morgan fingerprint density at radius 1 is 0.329 bits per heavy atom. The third-order valence-electron chi connectivity index (χ3n) is 15.4. The quantitative estimate of drug-likeness (QED) is 0.0222. The first-order valence-corrected chi connectivity index (χ1v) is 37.2. The fourth-order valence-corrected chi connectivity index (χ4v) is 11.3. The zero-order valence-electron chi connectivity index (χ0n) is 55.2. The Labute approximate surface area is 517 Å². The number of hydrogen-bond acceptors (Lipinski definition) is 15. The van der Waals surface area contributed by atoms with Gasteiger partial charge in [0.25, 0.3) is 0 Å². The SMILES string of the molecule is CCC(C)CCCCCCCCCCC(=O)O[C@H](COC(=O)CCCCCCCCCCCC(C)C)COP(=O)(O)OC[C@@H](O)COP(=O)(O)OC[C@@H](COC(=O)CCCCCCCCC(C)C)OC(=O)CCCCCCCCCCCC(C)C. The average molecular weight is 1260 g/mol. The lowest BCUT2D eigenvalue weighted by molar-refractivity contribution is -0.161. The molecular weight excluding hydrogens is 1130 g/mol. The Kier molecular flexibility index (Phi) is 54.8. The van der Waals surface area contributed by atoms with Gasteiger partial charge in [-0.3, -0.25) is 37.3 Å². The Hall–Kier alpha value is -1.94. The molecule has 19 heteroatoms. The van der Waals surface area contributed by atoms with Crippen molar-refractivity contribution in [1.82, 2.24) is 0 Å². The van der Waals surface area contributed by atoms with Crippen LogP contribution in [0.5, 0.6) is 0 Å². The molecule has 0 fully saturated rings. The number of unbranched alkanes of at least 4 members (excludes halogenated alkanes) is 28. The van der Waals surface area contributed by atoms with Crippen molar-refractivity contribution in [3.63, 3.8) is 0 Å². The van der Waals surface area contributed by atoms with Crippen molar-refractivity contribution in [2.45, 2.75) is 337 Å². The maximum Gasteiger partial charge on any atom is 0.472 e. The molecule has 17 nitrogen and oxygen atoms in total. The molecule has 0 aliphatic rings. The lowest BCUT2D eigenvalue weighted by atomic mass is 9.99. The number of phosphoric acid groups is 2. The highest BCUT2D eigenvalue weighted by Gasteiger charge is 2.30. The van der Waals surface area contributed by atoms with Crippen LogP contribution in [0.2, 0.25) is 0 Å². The molecule has 3 unspecified atom stereocenters. The molecule has 0 aromatic carbocycles. The van der Waals surface area contributed by atoms with Gasteiger partial charge < -0.3 is 33.8 Å². The van der Waals surface area contributed by atoms with Gasteiger partial charge in [-0.05, 0) is 49.4 Å². The van der Waals surface area contributed by atoms with Crippen molar-refractivity contribution in [1.29, 1.82) is 0 Å². The van der Waals surface area contributed by atoms with Gasteiger partial charge in [0.1, 0.15) is 19.3 Å². The largest absolute Gasteiger partial charge is 0.472 e. The van der Waals surface area contributed by atoms with E-state index in [0.29, 0.717) is 31.6 Å². The van der Waals surface area contributed by atoms with Gasteiger partial charge in [-0.25, -0.2) is 9.13 Å². The molecule has 0 radical (unpaired) electrons. The van der Waals surface area contributed by atoms with Crippen LogP contribution in [0.3, 0.4) is 0 Å². The third kappa shape index (κ3) is 59.5. The van der Waals surface area contributed by atoms with Crippen molar-refractivity contribution < 1.29 is 80.2 Å². The molecule has 0 aliphatic carbocycles. The summed E-state index contributed by atoms with van der Waals surface area (Å²) in [5.74, 6) is 0.791. The van der Waals surface area contributed by atoms with Gasteiger partial charge in [0.05, 0.1) is 26.4 Å². The number of aliphatic hydroxyl groups excluding tert-OH is 1. The van der Waals surface area contributed by atoms with E-state index in [0.717, 1.165) is 114 Å². The van der Waals surface area contributed by atoms with E-state index in [1.165, 1.54) is 116 Å². The van der Waals surface area contributed by atoms with E-state index >= 15 is 0 Å². The Morgan fingerprint density at radius 2 is 0.565 bits per heavy atom. The molecule has 0 saturated heterocycles. The zero-order chi connectivity index (χ0) is 63.2. The molecule has 6 atom stereocenters. The Bertz CT molecular complexity index is 1700. The molecule has 0 saturated carbocycles. The van der Waals surface area contributed by atoms with E-state index in [1.807, 2.05) is 0 Å². The van der Waals surface area contributed by atoms with Gasteiger partial charge in [-0.2, -0.15) is 0 Å². The highest BCUT2D eigenvalue weighted by molar-refractivity contribution is 7.47. The van der Waals surface area contributed by atoms with Crippen molar-refractivity contribution in [2.75, 3.05) is 39.6 Å². The molecule has 504 valence electrons. The summed E-state index contributed by atoms with van der Waals surface area (Å²) in [5, 5.41) is 10.6. The first-order valence-electron chi connectivity index (χ1n) is 34.2. The number of ether oxygens (including phenoxy) is 4. The predicted molar refractivity (Wildman–Crippen MR) is 340 cm³/mol. The van der Waals surface area contributed by atoms with E-state index in [2.05, 4.69) is 55.4 Å². The number of hydrogen-bond donors (Lipinski definition) is 3. The standard InChI is InChI=1S/C66H128O17P2/c1-9-59(8)45-37-29-20-16-17-23-33-41-49-66(71)83-61(52-76-63(68)46-38-30-21-14-10-12-18-26-34-42-56(2)3)54-80-84(72,73)78-50-60(67)51-79-85(74,75)81-55-62(53-77-64(69)47-39-31-25-24-28-36-44-58(6)7)82-65(70)48-40-32-22-15-11-13-19-27-35-43-57(4)5/h56-62,67H,9-55H2,1-8H3,(H,72,73)(H,74,75)/t59?,60-,61-,62-/m1/s1. The predicted octanol–water partition coefficient (Wildman–Crippen LogP) is 18.1. The van der Waals surface area contributed by atoms with E-state index in [4.69, 9.17) is 37.0 Å². The van der Waals surface area contributed by atoms with Crippen LogP contribution in [0.4, 0.5) is 0 Å². The molecule has 0 aromatic rings.